The minimum atomic E-state index is -1.11. The Bertz CT molecular complexity index is 723. The van der Waals surface area contributed by atoms with Crippen LogP contribution in [0.5, 0.6) is 5.75 Å². The zero-order chi connectivity index (χ0) is 17.7. The lowest BCUT2D eigenvalue weighted by Gasteiger charge is -2.16. The van der Waals surface area contributed by atoms with E-state index >= 15 is 0 Å². The van der Waals surface area contributed by atoms with Crippen molar-refractivity contribution in [1.82, 2.24) is 4.90 Å². The maximum atomic E-state index is 12.3. The molecule has 0 aliphatic rings. The molecule has 0 fully saturated rings. The first kappa shape index (κ1) is 17.9. The van der Waals surface area contributed by atoms with Crippen LogP contribution in [0.25, 0.3) is 0 Å². The fourth-order valence-electron chi connectivity index (χ4n) is 2.10. The summed E-state index contributed by atoms with van der Waals surface area (Å²) in [5.74, 6) is -0.546. The van der Waals surface area contributed by atoms with Crippen molar-refractivity contribution < 1.29 is 23.8 Å². The third-order valence-corrected chi connectivity index (χ3v) is 3.68. The van der Waals surface area contributed by atoms with Gasteiger partial charge in [-0.05, 0) is 24.3 Å². The van der Waals surface area contributed by atoms with E-state index in [1.54, 1.807) is 38.2 Å². The van der Waals surface area contributed by atoms with Gasteiger partial charge < -0.3 is 19.2 Å². The Morgan fingerprint density at radius 3 is 2.50 bits per heavy atom. The van der Waals surface area contributed by atoms with E-state index in [-0.39, 0.29) is 23.7 Å². The number of aromatic carboxylic acids is 1. The molecule has 0 unspecified atom stereocenters. The molecule has 1 aromatic carbocycles. The summed E-state index contributed by atoms with van der Waals surface area (Å²) in [6.07, 6.45) is 0.401. The largest absolute Gasteiger partial charge is 0.492 e. The predicted molar refractivity (Wildman–Crippen MR) is 89.0 cm³/mol. The van der Waals surface area contributed by atoms with Gasteiger partial charge in [0.1, 0.15) is 23.7 Å². The Kier molecular flexibility index (Phi) is 5.87. The van der Waals surface area contributed by atoms with Crippen LogP contribution in [-0.4, -0.2) is 42.1 Å². The van der Waals surface area contributed by atoms with Crippen molar-refractivity contribution in [3.8, 4) is 5.75 Å². The number of amides is 1. The van der Waals surface area contributed by atoms with Gasteiger partial charge in [0.25, 0.3) is 5.91 Å². The molecule has 6 nitrogen and oxygen atoms in total. The lowest BCUT2D eigenvalue weighted by molar-refractivity contribution is 0.0692. The molecule has 0 bridgehead atoms. The van der Waals surface area contributed by atoms with Crippen LogP contribution in [0.4, 0.5) is 0 Å². The SMILES string of the molecule is CCc1oc(C(=O)N(C)CCOc2ccc(Cl)cc2)cc1C(=O)O. The minimum Gasteiger partial charge on any atom is -0.492 e. The molecule has 2 rings (SSSR count). The second-order valence-electron chi connectivity index (χ2n) is 5.14. The normalized spacial score (nSPS) is 10.5. The number of benzene rings is 1. The molecule has 0 saturated heterocycles. The topological polar surface area (TPSA) is 80.0 Å². The van der Waals surface area contributed by atoms with Crippen LogP contribution in [0.1, 0.15) is 33.6 Å². The van der Waals surface area contributed by atoms with Gasteiger partial charge in [0.15, 0.2) is 5.76 Å². The van der Waals surface area contributed by atoms with E-state index in [1.165, 1.54) is 11.0 Å². The van der Waals surface area contributed by atoms with Gasteiger partial charge >= 0.3 is 5.97 Å². The quantitative estimate of drug-likeness (QED) is 0.827. The zero-order valence-corrected chi connectivity index (χ0v) is 14.2. The van der Waals surface area contributed by atoms with Crippen molar-refractivity contribution in [2.45, 2.75) is 13.3 Å². The van der Waals surface area contributed by atoms with Crippen molar-refractivity contribution in [3.05, 3.63) is 52.4 Å². The highest BCUT2D eigenvalue weighted by molar-refractivity contribution is 6.30. The number of nitrogens with zero attached hydrogens (tertiary/aromatic N) is 1. The summed E-state index contributed by atoms with van der Waals surface area (Å²) in [5.41, 5.74) is 0.0201. The molecule has 7 heteroatoms. The summed E-state index contributed by atoms with van der Waals surface area (Å²) in [5, 5.41) is 9.72. The van der Waals surface area contributed by atoms with Gasteiger partial charge in [-0.3, -0.25) is 4.79 Å². The number of furan rings is 1. The van der Waals surface area contributed by atoms with Crippen LogP contribution in [0.2, 0.25) is 5.02 Å². The molecule has 1 aromatic heterocycles. The van der Waals surface area contributed by atoms with Crippen LogP contribution < -0.4 is 4.74 Å². The van der Waals surface area contributed by atoms with E-state index < -0.39 is 11.9 Å². The maximum Gasteiger partial charge on any atom is 0.339 e. The van der Waals surface area contributed by atoms with Gasteiger partial charge in [-0.15, -0.1) is 0 Å². The van der Waals surface area contributed by atoms with E-state index in [9.17, 15) is 9.59 Å². The molecule has 1 N–H and O–H groups in total. The molecule has 0 aliphatic heterocycles. The number of halogens is 1. The summed E-state index contributed by atoms with van der Waals surface area (Å²) >= 11 is 5.79. The number of carbonyl (C=O) groups excluding carboxylic acids is 1. The molecule has 1 amide bonds. The van der Waals surface area contributed by atoms with Crippen LogP contribution in [0.3, 0.4) is 0 Å². The van der Waals surface area contributed by atoms with E-state index in [0.29, 0.717) is 23.7 Å². The monoisotopic (exact) mass is 351 g/mol. The Morgan fingerprint density at radius 2 is 1.96 bits per heavy atom. The van der Waals surface area contributed by atoms with Gasteiger partial charge in [0.05, 0.1) is 6.54 Å². The zero-order valence-electron chi connectivity index (χ0n) is 13.4. The number of carbonyl (C=O) groups is 2. The van der Waals surface area contributed by atoms with Gasteiger partial charge in [0.2, 0.25) is 0 Å². The van der Waals surface area contributed by atoms with Gasteiger partial charge in [-0.2, -0.15) is 0 Å². The first-order chi connectivity index (χ1) is 11.4. The van der Waals surface area contributed by atoms with Gasteiger partial charge in [-0.1, -0.05) is 18.5 Å². The standard InChI is InChI=1S/C17H18ClNO5/c1-3-14-13(17(21)22)10-15(24-14)16(20)19(2)8-9-23-12-6-4-11(18)5-7-12/h4-7,10H,3,8-9H2,1-2H3,(H,21,22). The third kappa shape index (κ3) is 4.29. The first-order valence-corrected chi connectivity index (χ1v) is 7.80. The summed E-state index contributed by atoms with van der Waals surface area (Å²) < 4.78 is 10.9. The fraction of sp³-hybridized carbons (Fsp3) is 0.294. The summed E-state index contributed by atoms with van der Waals surface area (Å²) in [7, 11) is 1.60. The van der Waals surface area contributed by atoms with Gasteiger partial charge in [0, 0.05) is 24.6 Å². The Balaban J connectivity index is 1.94. The van der Waals surface area contributed by atoms with E-state index in [4.69, 9.17) is 25.9 Å². The van der Waals surface area contributed by atoms with E-state index in [2.05, 4.69) is 0 Å². The molecule has 0 saturated carbocycles. The van der Waals surface area contributed by atoms with Crippen LogP contribution in [-0.2, 0) is 6.42 Å². The van der Waals surface area contributed by atoms with Crippen molar-refractivity contribution in [3.63, 3.8) is 0 Å². The van der Waals surface area contributed by atoms with Gasteiger partial charge in [-0.25, -0.2) is 4.79 Å². The summed E-state index contributed by atoms with van der Waals surface area (Å²) in [4.78, 5) is 24.8. The lowest BCUT2D eigenvalue weighted by atomic mass is 10.2. The number of likely N-dealkylation sites (N-methyl/N-ethyl adjacent to an activating group) is 1. The molecular formula is C17H18ClNO5. The summed E-state index contributed by atoms with van der Waals surface area (Å²) in [6.45, 7) is 2.38. The van der Waals surface area contributed by atoms with Crippen molar-refractivity contribution in [1.29, 1.82) is 0 Å². The molecular weight excluding hydrogens is 334 g/mol. The molecule has 128 valence electrons. The lowest BCUT2D eigenvalue weighted by Crippen LogP contribution is -2.30. The van der Waals surface area contributed by atoms with Crippen molar-refractivity contribution in [2.75, 3.05) is 20.2 Å². The third-order valence-electron chi connectivity index (χ3n) is 3.43. The van der Waals surface area contributed by atoms with E-state index in [1.807, 2.05) is 0 Å². The van der Waals surface area contributed by atoms with E-state index in [0.717, 1.165) is 0 Å². The molecule has 0 spiro atoms. The Labute approximate surface area is 144 Å². The highest BCUT2D eigenvalue weighted by Crippen LogP contribution is 2.18. The highest BCUT2D eigenvalue weighted by Gasteiger charge is 2.22. The first-order valence-electron chi connectivity index (χ1n) is 7.42. The molecule has 0 atom stereocenters. The van der Waals surface area contributed by atoms with Crippen LogP contribution >= 0.6 is 11.6 Å². The number of rotatable bonds is 7. The Morgan fingerprint density at radius 1 is 1.29 bits per heavy atom. The predicted octanol–water partition coefficient (Wildman–Crippen LogP) is 3.34. The number of carboxylic acids is 1. The molecule has 2 aromatic rings. The number of ether oxygens (including phenoxy) is 1. The number of aryl methyl sites for hydroxylation is 1. The highest BCUT2D eigenvalue weighted by atomic mass is 35.5. The number of hydrogen-bond donors (Lipinski definition) is 1. The second-order valence-corrected chi connectivity index (χ2v) is 5.57. The molecule has 0 aliphatic carbocycles. The average molecular weight is 352 g/mol. The van der Waals surface area contributed by atoms with Crippen LogP contribution in [0.15, 0.2) is 34.7 Å². The van der Waals surface area contributed by atoms with Crippen LogP contribution in [0, 0.1) is 0 Å². The maximum absolute atomic E-state index is 12.3. The smallest absolute Gasteiger partial charge is 0.339 e. The van der Waals surface area contributed by atoms with Crippen molar-refractivity contribution >= 4 is 23.5 Å². The molecule has 24 heavy (non-hydrogen) atoms. The molecule has 1 heterocycles. The Hall–Kier alpha value is -2.47. The summed E-state index contributed by atoms with van der Waals surface area (Å²) in [6, 6.07) is 8.18. The molecule has 0 radical (unpaired) electrons. The van der Waals surface area contributed by atoms with Crippen molar-refractivity contribution in [2.24, 2.45) is 0 Å². The second kappa shape index (κ2) is 7.88. The fourth-order valence-corrected chi connectivity index (χ4v) is 2.22. The number of carboxylic acid groups (broad SMARTS) is 1. The number of hydrogen-bond acceptors (Lipinski definition) is 4. The minimum absolute atomic E-state index is 0.0123. The average Bonchev–Trinajstić information content (AvgIpc) is 3.00.